The van der Waals surface area contributed by atoms with Gasteiger partial charge in [0, 0.05) is 11.8 Å². The van der Waals surface area contributed by atoms with Gasteiger partial charge in [0.2, 0.25) is 0 Å². The summed E-state index contributed by atoms with van der Waals surface area (Å²) in [5.74, 6) is 0.916. The quantitative estimate of drug-likeness (QED) is 0.802. The number of hydrogen-bond donors (Lipinski definition) is 3. The number of carboxylic acids is 1. The van der Waals surface area contributed by atoms with Crippen LogP contribution in [0.25, 0.3) is 0 Å². The van der Waals surface area contributed by atoms with E-state index in [4.69, 9.17) is 16.7 Å². The SMILES string of the molecule is O=C(Nc1ccc(C(=O)O)cc1Cl)NC1CCSC1. The molecule has 0 aromatic heterocycles. The third kappa shape index (κ3) is 3.78. The zero-order valence-electron chi connectivity index (χ0n) is 9.98. The third-order valence-corrected chi connectivity index (χ3v) is 4.20. The summed E-state index contributed by atoms with van der Waals surface area (Å²) in [4.78, 5) is 22.5. The first-order valence-electron chi connectivity index (χ1n) is 5.74. The van der Waals surface area contributed by atoms with E-state index in [9.17, 15) is 9.59 Å². The molecule has 1 aliphatic heterocycles. The summed E-state index contributed by atoms with van der Waals surface area (Å²) in [7, 11) is 0. The van der Waals surface area contributed by atoms with Crippen LogP contribution in [0.15, 0.2) is 18.2 Å². The van der Waals surface area contributed by atoms with Crippen molar-refractivity contribution in [3.63, 3.8) is 0 Å². The van der Waals surface area contributed by atoms with Crippen molar-refractivity contribution in [2.75, 3.05) is 16.8 Å². The lowest BCUT2D eigenvalue weighted by Gasteiger charge is -2.13. The Kier molecular flexibility index (Phi) is 4.55. The van der Waals surface area contributed by atoms with E-state index in [0.29, 0.717) is 5.69 Å². The second kappa shape index (κ2) is 6.16. The molecular weight excluding hydrogens is 288 g/mol. The molecule has 0 radical (unpaired) electrons. The van der Waals surface area contributed by atoms with Gasteiger partial charge in [-0.2, -0.15) is 11.8 Å². The molecule has 1 aromatic rings. The predicted octanol–water partition coefficient (Wildman–Crippen LogP) is 2.67. The summed E-state index contributed by atoms with van der Waals surface area (Å²) in [5, 5.41) is 14.5. The fraction of sp³-hybridized carbons (Fsp3) is 0.333. The van der Waals surface area contributed by atoms with E-state index >= 15 is 0 Å². The van der Waals surface area contributed by atoms with Gasteiger partial charge in [0.05, 0.1) is 16.3 Å². The highest BCUT2D eigenvalue weighted by Crippen LogP contribution is 2.23. The molecule has 3 N–H and O–H groups in total. The van der Waals surface area contributed by atoms with Gasteiger partial charge in [-0.15, -0.1) is 0 Å². The maximum absolute atomic E-state index is 11.7. The highest BCUT2D eigenvalue weighted by Gasteiger charge is 2.18. The highest BCUT2D eigenvalue weighted by molar-refractivity contribution is 7.99. The summed E-state index contributed by atoms with van der Waals surface area (Å²) in [6, 6.07) is 4.05. The van der Waals surface area contributed by atoms with Gasteiger partial charge in [-0.1, -0.05) is 11.6 Å². The maximum atomic E-state index is 11.7. The minimum absolute atomic E-state index is 0.0863. The number of carbonyl (C=O) groups excluding carboxylic acids is 1. The molecule has 0 saturated carbocycles. The van der Waals surface area contributed by atoms with Gasteiger partial charge in [-0.25, -0.2) is 9.59 Å². The Morgan fingerprint density at radius 2 is 2.21 bits per heavy atom. The normalized spacial score (nSPS) is 18.1. The van der Waals surface area contributed by atoms with Crippen molar-refractivity contribution >= 4 is 41.1 Å². The Balaban J connectivity index is 1.98. The summed E-state index contributed by atoms with van der Waals surface area (Å²) >= 11 is 7.73. The van der Waals surface area contributed by atoms with E-state index < -0.39 is 5.97 Å². The van der Waals surface area contributed by atoms with Crippen molar-refractivity contribution in [1.29, 1.82) is 0 Å². The van der Waals surface area contributed by atoms with Crippen LogP contribution in [-0.4, -0.2) is 34.7 Å². The number of anilines is 1. The van der Waals surface area contributed by atoms with Gasteiger partial charge in [0.25, 0.3) is 0 Å². The molecular formula is C12H13ClN2O3S. The first-order chi connectivity index (χ1) is 9.06. The first kappa shape index (κ1) is 14.0. The number of benzene rings is 1. The van der Waals surface area contributed by atoms with Crippen LogP contribution in [0.3, 0.4) is 0 Å². The first-order valence-corrected chi connectivity index (χ1v) is 7.27. The Labute approximate surface area is 119 Å². The number of carbonyl (C=O) groups is 2. The van der Waals surface area contributed by atoms with E-state index in [2.05, 4.69) is 10.6 Å². The number of carboxylic acid groups (broad SMARTS) is 1. The number of thioether (sulfide) groups is 1. The Morgan fingerprint density at radius 1 is 1.42 bits per heavy atom. The van der Waals surface area contributed by atoms with Crippen LogP contribution < -0.4 is 10.6 Å². The van der Waals surface area contributed by atoms with Crippen molar-refractivity contribution in [2.45, 2.75) is 12.5 Å². The molecule has 0 aliphatic carbocycles. The lowest BCUT2D eigenvalue weighted by atomic mass is 10.2. The number of hydrogen-bond acceptors (Lipinski definition) is 3. The number of nitrogens with one attached hydrogen (secondary N) is 2. The summed E-state index contributed by atoms with van der Waals surface area (Å²) < 4.78 is 0. The Bertz CT molecular complexity index is 504. The molecule has 1 unspecified atom stereocenters. The third-order valence-electron chi connectivity index (χ3n) is 2.73. The molecule has 1 aliphatic rings. The van der Waals surface area contributed by atoms with E-state index in [-0.39, 0.29) is 22.7 Å². The molecule has 1 saturated heterocycles. The molecule has 0 bridgehead atoms. The molecule has 1 heterocycles. The smallest absolute Gasteiger partial charge is 0.335 e. The Hall–Kier alpha value is -1.40. The van der Waals surface area contributed by atoms with Gasteiger partial charge in [0.15, 0.2) is 0 Å². The molecule has 7 heteroatoms. The molecule has 0 spiro atoms. The molecule has 19 heavy (non-hydrogen) atoms. The molecule has 1 atom stereocenters. The number of urea groups is 1. The topological polar surface area (TPSA) is 78.4 Å². The van der Waals surface area contributed by atoms with Crippen LogP contribution in [0.1, 0.15) is 16.8 Å². The lowest BCUT2D eigenvalue weighted by molar-refractivity contribution is 0.0697. The molecule has 1 aromatic carbocycles. The van der Waals surface area contributed by atoms with E-state index in [1.807, 2.05) is 0 Å². The highest BCUT2D eigenvalue weighted by atomic mass is 35.5. The average Bonchev–Trinajstić information content (AvgIpc) is 2.84. The summed E-state index contributed by atoms with van der Waals surface area (Å²) in [6.07, 6.45) is 0.962. The van der Waals surface area contributed by atoms with Crippen LogP contribution in [-0.2, 0) is 0 Å². The van der Waals surface area contributed by atoms with Gasteiger partial charge in [-0.05, 0) is 30.4 Å². The molecule has 1 fully saturated rings. The second-order valence-electron chi connectivity index (χ2n) is 4.16. The van der Waals surface area contributed by atoms with Crippen LogP contribution in [0.4, 0.5) is 10.5 Å². The van der Waals surface area contributed by atoms with Crippen molar-refractivity contribution in [1.82, 2.24) is 5.32 Å². The van der Waals surface area contributed by atoms with Crippen LogP contribution in [0.5, 0.6) is 0 Å². The van der Waals surface area contributed by atoms with Crippen LogP contribution in [0, 0.1) is 0 Å². The van der Waals surface area contributed by atoms with Gasteiger partial charge in [-0.3, -0.25) is 0 Å². The van der Waals surface area contributed by atoms with Crippen molar-refractivity contribution in [3.8, 4) is 0 Å². The van der Waals surface area contributed by atoms with Crippen molar-refractivity contribution < 1.29 is 14.7 Å². The molecule has 5 nitrogen and oxygen atoms in total. The number of halogens is 1. The molecule has 102 valence electrons. The fourth-order valence-electron chi connectivity index (χ4n) is 1.74. The van der Waals surface area contributed by atoms with Gasteiger partial charge >= 0.3 is 12.0 Å². The van der Waals surface area contributed by atoms with Crippen LogP contribution >= 0.6 is 23.4 Å². The molecule has 2 amide bonds. The van der Waals surface area contributed by atoms with Crippen LogP contribution in [0.2, 0.25) is 5.02 Å². The van der Waals surface area contributed by atoms with Crippen molar-refractivity contribution in [2.24, 2.45) is 0 Å². The second-order valence-corrected chi connectivity index (χ2v) is 5.72. The monoisotopic (exact) mass is 300 g/mol. The summed E-state index contributed by atoms with van der Waals surface area (Å²) in [6.45, 7) is 0. The average molecular weight is 301 g/mol. The minimum Gasteiger partial charge on any atom is -0.478 e. The standard InChI is InChI=1S/C12H13ClN2O3S/c13-9-5-7(11(16)17)1-2-10(9)15-12(18)14-8-3-4-19-6-8/h1-2,5,8H,3-4,6H2,(H,16,17)(H2,14,15,18). The summed E-state index contributed by atoms with van der Waals surface area (Å²) in [5.41, 5.74) is 0.484. The fourth-order valence-corrected chi connectivity index (χ4v) is 3.12. The van der Waals surface area contributed by atoms with Crippen molar-refractivity contribution in [3.05, 3.63) is 28.8 Å². The minimum atomic E-state index is -1.05. The Morgan fingerprint density at radius 3 is 2.79 bits per heavy atom. The predicted molar refractivity (Wildman–Crippen MR) is 76.3 cm³/mol. The van der Waals surface area contributed by atoms with E-state index in [1.54, 1.807) is 11.8 Å². The number of rotatable bonds is 3. The van der Waals surface area contributed by atoms with Gasteiger partial charge < -0.3 is 15.7 Å². The molecule has 2 rings (SSSR count). The van der Waals surface area contributed by atoms with E-state index in [0.717, 1.165) is 17.9 Å². The largest absolute Gasteiger partial charge is 0.478 e. The zero-order valence-corrected chi connectivity index (χ0v) is 11.6. The lowest BCUT2D eigenvalue weighted by Crippen LogP contribution is -2.37. The number of amides is 2. The van der Waals surface area contributed by atoms with Gasteiger partial charge in [0.1, 0.15) is 0 Å². The zero-order chi connectivity index (χ0) is 13.8. The number of aromatic carboxylic acids is 1. The maximum Gasteiger partial charge on any atom is 0.335 e. The van der Waals surface area contributed by atoms with E-state index in [1.165, 1.54) is 18.2 Å².